The summed E-state index contributed by atoms with van der Waals surface area (Å²) in [5.41, 5.74) is 0. The van der Waals surface area contributed by atoms with Crippen molar-refractivity contribution in [3.8, 4) is 0 Å². The Morgan fingerprint density at radius 3 is 1.71 bits per heavy atom. The predicted molar refractivity (Wildman–Crippen MR) is 49.3 cm³/mol. The third-order valence-electron chi connectivity index (χ3n) is 1.49. The van der Waals surface area contributed by atoms with Gasteiger partial charge in [-0.1, -0.05) is 26.7 Å². The van der Waals surface area contributed by atoms with E-state index in [4.69, 9.17) is 0 Å². The van der Waals surface area contributed by atoms with E-state index >= 15 is 0 Å². The maximum Gasteiger partial charge on any atom is 3.00 e. The first kappa shape index (κ1) is 17.8. The predicted octanol–water partition coefficient (Wildman–Crippen LogP) is 2.09. The van der Waals surface area contributed by atoms with Gasteiger partial charge in [-0.25, -0.2) is 0 Å². The van der Waals surface area contributed by atoms with E-state index in [0.29, 0.717) is 0 Å². The fourth-order valence-corrected chi connectivity index (χ4v) is 1.46. The van der Waals surface area contributed by atoms with Crippen molar-refractivity contribution < 1.29 is 59.3 Å². The summed E-state index contributed by atoms with van der Waals surface area (Å²) in [6.45, 7) is 4.39. The van der Waals surface area contributed by atoms with Crippen LogP contribution in [0.15, 0.2) is 0 Å². The molecule has 0 spiro atoms. The van der Waals surface area contributed by atoms with Crippen molar-refractivity contribution >= 4 is 7.82 Å². The van der Waals surface area contributed by atoms with E-state index < -0.39 is 7.82 Å². The smallest absolute Gasteiger partial charge is 0.756 e. The molecule has 0 aromatic carbocycles. The number of hydrogen-bond donors (Lipinski definition) is 0. The van der Waals surface area contributed by atoms with E-state index in [-0.39, 0.29) is 54.1 Å². The van der Waals surface area contributed by atoms with Crippen LogP contribution in [0.1, 0.15) is 39.5 Å². The van der Waals surface area contributed by atoms with E-state index in [1.54, 1.807) is 0 Å². The van der Waals surface area contributed by atoms with Crippen LogP contribution in [-0.4, -0.2) is 13.2 Å². The maximum absolute atomic E-state index is 11.0. The van der Waals surface area contributed by atoms with Crippen molar-refractivity contribution in [2.24, 2.45) is 0 Å². The molecule has 0 fully saturated rings. The zero-order valence-corrected chi connectivity index (χ0v) is 12.9. The Hall–Kier alpha value is 1.46. The van der Waals surface area contributed by atoms with Gasteiger partial charge in [0.1, 0.15) is 0 Å². The molecule has 0 atom stereocenters. The van der Waals surface area contributed by atoms with Gasteiger partial charge in [0.2, 0.25) is 0 Å². The third kappa shape index (κ3) is 11.5. The Kier molecular flexibility index (Phi) is 14.0. The second-order valence-corrected chi connectivity index (χ2v) is 4.23. The number of unbranched alkanes of at least 4 members (excludes halogenated alkanes) is 2. The van der Waals surface area contributed by atoms with Gasteiger partial charge < -0.3 is 13.9 Å². The maximum atomic E-state index is 11.0. The van der Waals surface area contributed by atoms with E-state index in [1.165, 1.54) is 0 Å². The molecule has 6 heteroatoms. The summed E-state index contributed by atoms with van der Waals surface area (Å²) < 4.78 is 20.2. The molecule has 0 unspecified atom stereocenters. The summed E-state index contributed by atoms with van der Waals surface area (Å²) in [4.78, 5) is 11.0. The largest absolute Gasteiger partial charge is 3.00 e. The molecule has 4 nitrogen and oxygen atoms in total. The van der Waals surface area contributed by atoms with Gasteiger partial charge in [0.15, 0.2) is 0 Å². The van der Waals surface area contributed by atoms with Gasteiger partial charge in [0.05, 0.1) is 13.2 Å². The van der Waals surface area contributed by atoms with Crippen LogP contribution in [0.3, 0.4) is 0 Å². The summed E-state index contributed by atoms with van der Waals surface area (Å²) >= 11 is 0. The quantitative estimate of drug-likeness (QED) is 0.495. The molecular weight excluding hydrogens is 335 g/mol. The van der Waals surface area contributed by atoms with Crippen LogP contribution in [0.4, 0.5) is 0 Å². The Morgan fingerprint density at radius 1 is 1.07 bits per heavy atom. The molecule has 0 heterocycles. The monoisotopic (exact) mass is 351 g/mol. The van der Waals surface area contributed by atoms with E-state index in [0.717, 1.165) is 25.7 Å². The molecule has 0 aromatic heterocycles. The number of phosphoric ester groups is 1. The van der Waals surface area contributed by atoms with Crippen LogP contribution >= 0.6 is 7.82 Å². The first-order valence-electron chi connectivity index (χ1n) is 4.72. The molecule has 0 N–H and O–H groups in total. The minimum atomic E-state index is -4.00. The minimum Gasteiger partial charge on any atom is -0.756 e. The fourth-order valence-electron chi connectivity index (χ4n) is 0.679. The Balaban J connectivity index is 0. The van der Waals surface area contributed by atoms with Crippen molar-refractivity contribution in [1.82, 2.24) is 0 Å². The van der Waals surface area contributed by atoms with Crippen LogP contribution in [0.5, 0.6) is 0 Å². The van der Waals surface area contributed by atoms with E-state index in [2.05, 4.69) is 9.05 Å². The Labute approximate surface area is 119 Å². The second-order valence-electron chi connectivity index (χ2n) is 2.82. The third-order valence-corrected chi connectivity index (χ3v) is 2.49. The first-order chi connectivity index (χ1) is 6.12. The van der Waals surface area contributed by atoms with Crippen molar-refractivity contribution in [1.29, 1.82) is 0 Å². The van der Waals surface area contributed by atoms with Crippen LogP contribution in [0.25, 0.3) is 0 Å². The average molecular weight is 353 g/mol. The summed E-state index contributed by atoms with van der Waals surface area (Å²) in [6.07, 6.45) is 3.30. The van der Waals surface area contributed by atoms with Gasteiger partial charge in [-0.3, -0.25) is 4.57 Å². The molecular formula is C8H18NdO4P+2. The van der Waals surface area contributed by atoms with Gasteiger partial charge in [-0.2, -0.15) is 0 Å². The Morgan fingerprint density at radius 2 is 1.43 bits per heavy atom. The second kappa shape index (κ2) is 11.0. The number of rotatable bonds is 8. The van der Waals surface area contributed by atoms with Gasteiger partial charge in [-0.05, 0) is 12.8 Å². The molecule has 0 aliphatic heterocycles. The normalized spacial score (nSPS) is 11.1. The summed E-state index contributed by atoms with van der Waals surface area (Å²) in [6, 6.07) is 0. The van der Waals surface area contributed by atoms with E-state index in [1.807, 2.05) is 13.8 Å². The van der Waals surface area contributed by atoms with Crippen LogP contribution in [-0.2, 0) is 13.6 Å². The molecule has 81 valence electrons. The number of phosphoric acid groups is 1. The van der Waals surface area contributed by atoms with E-state index in [9.17, 15) is 9.46 Å². The van der Waals surface area contributed by atoms with Gasteiger partial charge in [-0.15, -0.1) is 0 Å². The molecule has 0 saturated carbocycles. The average Bonchev–Trinajstić information content (AvgIpc) is 2.05. The van der Waals surface area contributed by atoms with Crippen molar-refractivity contribution in [3.63, 3.8) is 0 Å². The van der Waals surface area contributed by atoms with Crippen molar-refractivity contribution in [2.45, 2.75) is 39.5 Å². The summed E-state index contributed by atoms with van der Waals surface area (Å²) in [5.74, 6) is 0. The zero-order valence-electron chi connectivity index (χ0n) is 8.82. The molecule has 0 aliphatic rings. The molecule has 0 saturated heterocycles. The molecule has 0 aliphatic carbocycles. The summed E-state index contributed by atoms with van der Waals surface area (Å²) in [5, 5.41) is 0. The summed E-state index contributed by atoms with van der Waals surface area (Å²) in [7, 11) is -4.00. The number of hydrogen-bond acceptors (Lipinski definition) is 4. The fraction of sp³-hybridized carbons (Fsp3) is 1.00. The Bertz CT molecular complexity index is 151. The zero-order chi connectivity index (χ0) is 10.2. The molecule has 0 bridgehead atoms. The topological polar surface area (TPSA) is 58.6 Å². The molecule has 0 rings (SSSR count). The SMILES string of the molecule is CCCCOP(=O)([O-])OCCCC.[Nd+3]. The molecule has 14 heavy (non-hydrogen) atoms. The minimum absolute atomic E-state index is 0. The van der Waals surface area contributed by atoms with Crippen molar-refractivity contribution in [3.05, 3.63) is 0 Å². The van der Waals surface area contributed by atoms with Crippen LogP contribution in [0.2, 0.25) is 0 Å². The van der Waals surface area contributed by atoms with Crippen LogP contribution in [0, 0.1) is 40.8 Å². The first-order valence-corrected chi connectivity index (χ1v) is 6.18. The molecule has 1 radical (unpaired) electrons. The standard InChI is InChI=1S/C8H19O4P.Nd/c1-3-5-7-11-13(9,10)12-8-6-4-2;/h3-8H2,1-2H3,(H,9,10);/q;+3/p-1. The molecule has 0 aromatic rings. The van der Waals surface area contributed by atoms with Crippen LogP contribution < -0.4 is 4.89 Å². The van der Waals surface area contributed by atoms with Gasteiger partial charge >= 0.3 is 40.8 Å². The van der Waals surface area contributed by atoms with Gasteiger partial charge in [0.25, 0.3) is 7.82 Å². The van der Waals surface area contributed by atoms with Gasteiger partial charge in [0, 0.05) is 0 Å². The van der Waals surface area contributed by atoms with Crippen molar-refractivity contribution in [2.75, 3.05) is 13.2 Å². The molecule has 0 amide bonds.